The van der Waals surface area contributed by atoms with Crippen LogP contribution in [0.2, 0.25) is 0 Å². The fourth-order valence-electron chi connectivity index (χ4n) is 6.25. The molecule has 212 valence electrons. The van der Waals surface area contributed by atoms with Crippen LogP contribution in [-0.4, -0.2) is 7.11 Å². The van der Waals surface area contributed by atoms with Gasteiger partial charge in [-0.25, -0.2) is 0 Å². The van der Waals surface area contributed by atoms with Crippen LogP contribution in [0.25, 0.3) is 82.1 Å². The molecule has 0 saturated carbocycles. The Morgan fingerprint density at radius 1 is 0.591 bits per heavy atom. The second-order valence-corrected chi connectivity index (χ2v) is 11.5. The highest BCUT2D eigenvalue weighted by Crippen LogP contribution is 2.40. The van der Waals surface area contributed by atoms with Crippen molar-refractivity contribution in [2.75, 3.05) is 7.11 Å². The van der Waals surface area contributed by atoms with E-state index in [0.717, 1.165) is 71.2 Å². The maximum absolute atomic E-state index is 6.47. The fraction of sp³-hybridized carbons (Fsp3) is 0.0732. The van der Waals surface area contributed by atoms with Gasteiger partial charge in [0, 0.05) is 21.5 Å². The zero-order chi connectivity index (χ0) is 29.9. The summed E-state index contributed by atoms with van der Waals surface area (Å²) >= 11 is 0. The molecule has 3 nitrogen and oxygen atoms in total. The summed E-state index contributed by atoms with van der Waals surface area (Å²) in [6.45, 7) is 8.03. The van der Waals surface area contributed by atoms with E-state index in [0.29, 0.717) is 5.76 Å². The van der Waals surface area contributed by atoms with Gasteiger partial charge in [0.15, 0.2) is 0 Å². The standard InChI is InChI=1S/C41H30O3/c1-5-26(11-8-25(3)42-4)28-12-14-30-18-34-36-22-41-37(23-40(36)43-38(34)20-32(30)16-28)35-19-31-15-13-29(17-33(31)21-39(35)44-41)27-9-6-24(2)7-10-27/h5-23H,3H2,1-2,4H3/b11-8-,26-5+. The summed E-state index contributed by atoms with van der Waals surface area (Å²) in [5.41, 5.74) is 9.36. The van der Waals surface area contributed by atoms with Crippen molar-refractivity contribution in [3.8, 4) is 11.1 Å². The molecule has 0 bridgehead atoms. The zero-order valence-corrected chi connectivity index (χ0v) is 24.9. The highest BCUT2D eigenvalue weighted by atomic mass is 16.5. The molecule has 6 aromatic carbocycles. The van der Waals surface area contributed by atoms with Crippen molar-refractivity contribution >= 4 is 71.0 Å². The molecule has 0 aliphatic heterocycles. The molecule has 0 unspecified atom stereocenters. The molecule has 3 heteroatoms. The highest BCUT2D eigenvalue weighted by molar-refractivity contribution is 6.18. The number of allylic oxidation sites excluding steroid dienone is 4. The van der Waals surface area contributed by atoms with Gasteiger partial charge in [-0.3, -0.25) is 0 Å². The molecule has 44 heavy (non-hydrogen) atoms. The summed E-state index contributed by atoms with van der Waals surface area (Å²) in [5, 5.41) is 8.92. The first-order valence-corrected chi connectivity index (χ1v) is 14.8. The average molecular weight is 571 g/mol. The molecule has 8 aromatic rings. The molecule has 2 heterocycles. The Balaban J connectivity index is 1.23. The first-order valence-electron chi connectivity index (χ1n) is 14.8. The number of hydrogen-bond acceptors (Lipinski definition) is 3. The molecule has 0 radical (unpaired) electrons. The summed E-state index contributed by atoms with van der Waals surface area (Å²) in [6, 6.07) is 34.8. The third kappa shape index (κ3) is 4.28. The van der Waals surface area contributed by atoms with Gasteiger partial charge in [-0.05, 0) is 112 Å². The molecule has 0 atom stereocenters. The van der Waals surface area contributed by atoms with Gasteiger partial charge in [0.1, 0.15) is 28.1 Å². The predicted octanol–water partition coefficient (Wildman–Crippen LogP) is 11.9. The lowest BCUT2D eigenvalue weighted by Crippen LogP contribution is -1.84. The smallest absolute Gasteiger partial charge is 0.136 e. The van der Waals surface area contributed by atoms with Gasteiger partial charge in [-0.1, -0.05) is 72.8 Å². The minimum absolute atomic E-state index is 0.619. The van der Waals surface area contributed by atoms with Crippen LogP contribution in [-0.2, 0) is 4.74 Å². The maximum Gasteiger partial charge on any atom is 0.136 e. The lowest BCUT2D eigenvalue weighted by atomic mass is 9.98. The molecule has 0 fully saturated rings. The van der Waals surface area contributed by atoms with Crippen molar-refractivity contribution in [1.82, 2.24) is 0 Å². The number of ether oxygens (including phenoxy) is 1. The Hall–Kier alpha value is -5.54. The molecular weight excluding hydrogens is 540 g/mol. The van der Waals surface area contributed by atoms with E-state index in [9.17, 15) is 0 Å². The van der Waals surface area contributed by atoms with Gasteiger partial charge in [-0.15, -0.1) is 0 Å². The summed E-state index contributed by atoms with van der Waals surface area (Å²) in [7, 11) is 1.63. The van der Waals surface area contributed by atoms with E-state index < -0.39 is 0 Å². The predicted molar refractivity (Wildman–Crippen MR) is 185 cm³/mol. The quantitative estimate of drug-likeness (QED) is 0.152. The van der Waals surface area contributed by atoms with E-state index in [1.54, 1.807) is 7.11 Å². The largest absolute Gasteiger partial charge is 0.497 e. The second kappa shape index (κ2) is 10.0. The normalized spacial score (nSPS) is 12.6. The van der Waals surface area contributed by atoms with Crippen molar-refractivity contribution in [2.24, 2.45) is 0 Å². The Morgan fingerprint density at radius 3 is 1.75 bits per heavy atom. The number of aryl methyl sites for hydroxylation is 1. The van der Waals surface area contributed by atoms with E-state index >= 15 is 0 Å². The maximum atomic E-state index is 6.47. The fourth-order valence-corrected chi connectivity index (χ4v) is 6.25. The molecule has 0 aliphatic rings. The second-order valence-electron chi connectivity index (χ2n) is 11.5. The molecular formula is C41H30O3. The lowest BCUT2D eigenvalue weighted by molar-refractivity contribution is 0.309. The Morgan fingerprint density at radius 2 is 1.14 bits per heavy atom. The van der Waals surface area contributed by atoms with Crippen molar-refractivity contribution < 1.29 is 13.6 Å². The minimum Gasteiger partial charge on any atom is -0.497 e. The molecule has 8 rings (SSSR count). The van der Waals surface area contributed by atoms with Gasteiger partial charge in [0.05, 0.1) is 7.11 Å². The monoisotopic (exact) mass is 570 g/mol. The van der Waals surface area contributed by atoms with Gasteiger partial charge < -0.3 is 13.6 Å². The topological polar surface area (TPSA) is 35.5 Å². The summed E-state index contributed by atoms with van der Waals surface area (Å²) in [5.74, 6) is 0.619. The molecule has 0 spiro atoms. The van der Waals surface area contributed by atoms with Crippen molar-refractivity contribution in [2.45, 2.75) is 13.8 Å². The number of benzene rings is 6. The van der Waals surface area contributed by atoms with Crippen LogP contribution in [0.1, 0.15) is 18.1 Å². The molecule has 2 aromatic heterocycles. The third-order valence-corrected chi connectivity index (χ3v) is 8.72. The van der Waals surface area contributed by atoms with Gasteiger partial charge in [-0.2, -0.15) is 0 Å². The number of methoxy groups -OCH3 is 1. The van der Waals surface area contributed by atoms with E-state index in [1.807, 2.05) is 19.1 Å². The van der Waals surface area contributed by atoms with Crippen LogP contribution in [0.4, 0.5) is 0 Å². The van der Waals surface area contributed by atoms with E-state index in [2.05, 4.69) is 117 Å². The number of fused-ring (bicyclic) bond motifs is 8. The zero-order valence-electron chi connectivity index (χ0n) is 24.9. The van der Waals surface area contributed by atoms with Crippen LogP contribution in [0.3, 0.4) is 0 Å². The van der Waals surface area contributed by atoms with E-state index in [1.165, 1.54) is 22.1 Å². The van der Waals surface area contributed by atoms with Crippen molar-refractivity contribution in [1.29, 1.82) is 0 Å². The van der Waals surface area contributed by atoms with Gasteiger partial charge in [0.25, 0.3) is 0 Å². The first kappa shape index (κ1) is 26.1. The van der Waals surface area contributed by atoms with Crippen LogP contribution >= 0.6 is 0 Å². The molecule has 0 aliphatic carbocycles. The SMILES string of the molecule is C=C(/C=C\C(=C/C)c1ccc2cc3c(cc2c1)oc1cc2c(cc13)oc1cc3cc(-c4ccc(C)cc4)ccc3cc12)OC. The van der Waals surface area contributed by atoms with Crippen LogP contribution < -0.4 is 0 Å². The first-order chi connectivity index (χ1) is 21.5. The number of furan rings is 2. The highest BCUT2D eigenvalue weighted by Gasteiger charge is 2.15. The summed E-state index contributed by atoms with van der Waals surface area (Å²) < 4.78 is 18.1. The third-order valence-electron chi connectivity index (χ3n) is 8.72. The Kier molecular flexibility index (Phi) is 5.95. The van der Waals surface area contributed by atoms with Gasteiger partial charge >= 0.3 is 0 Å². The minimum atomic E-state index is 0.619. The summed E-state index contributed by atoms with van der Waals surface area (Å²) in [4.78, 5) is 0. The molecule has 0 amide bonds. The lowest BCUT2D eigenvalue weighted by Gasteiger charge is -2.06. The van der Waals surface area contributed by atoms with Crippen molar-refractivity contribution in [3.05, 3.63) is 139 Å². The number of hydrogen-bond donors (Lipinski definition) is 0. The van der Waals surface area contributed by atoms with E-state index in [4.69, 9.17) is 13.6 Å². The van der Waals surface area contributed by atoms with Crippen LogP contribution in [0, 0.1) is 6.92 Å². The Bertz CT molecular complexity index is 2500. The van der Waals surface area contributed by atoms with Gasteiger partial charge in [0.2, 0.25) is 0 Å². The summed E-state index contributed by atoms with van der Waals surface area (Å²) in [6.07, 6.45) is 6.00. The Labute approximate surface area is 254 Å². The molecule has 0 saturated heterocycles. The molecule has 0 N–H and O–H groups in total. The average Bonchev–Trinajstić information content (AvgIpc) is 3.57. The van der Waals surface area contributed by atoms with Crippen LogP contribution in [0.15, 0.2) is 136 Å². The van der Waals surface area contributed by atoms with Crippen LogP contribution in [0.5, 0.6) is 0 Å². The van der Waals surface area contributed by atoms with E-state index in [-0.39, 0.29) is 0 Å². The number of rotatable bonds is 5. The van der Waals surface area contributed by atoms with Crippen molar-refractivity contribution in [3.63, 3.8) is 0 Å².